The Morgan fingerprint density at radius 2 is 2.11 bits per heavy atom. The molecule has 7 heteroatoms. The van der Waals surface area contributed by atoms with Crippen LogP contribution in [0.2, 0.25) is 0 Å². The van der Waals surface area contributed by atoms with Gasteiger partial charge < -0.3 is 24.8 Å². The molecule has 2 amide bonds. The normalized spacial score (nSPS) is 17.1. The van der Waals surface area contributed by atoms with Crippen molar-refractivity contribution in [3.05, 3.63) is 0 Å². The van der Waals surface area contributed by atoms with E-state index in [1.807, 2.05) is 6.92 Å². The minimum atomic E-state index is -1.00. The molecular formula is C11H20N2O5. The zero-order valence-corrected chi connectivity index (χ0v) is 10.8. The standard InChI is InChI=1S/C11H20N2O5/c1-3-17-5-4-12-10(16)13-7-11(2,8-13)18-6-9(14)15/h3-8H2,1-2H3,(H,12,16)(H,14,15). The van der Waals surface area contributed by atoms with E-state index in [-0.39, 0.29) is 12.6 Å². The van der Waals surface area contributed by atoms with Gasteiger partial charge in [0.2, 0.25) is 0 Å². The van der Waals surface area contributed by atoms with Crippen LogP contribution in [0.1, 0.15) is 13.8 Å². The minimum Gasteiger partial charge on any atom is -0.480 e. The predicted molar refractivity (Wildman–Crippen MR) is 63.5 cm³/mol. The molecular weight excluding hydrogens is 240 g/mol. The largest absolute Gasteiger partial charge is 0.480 e. The lowest BCUT2D eigenvalue weighted by Gasteiger charge is -2.46. The zero-order chi connectivity index (χ0) is 13.6. The monoisotopic (exact) mass is 260 g/mol. The number of carboxylic acids is 1. The Balaban J connectivity index is 2.16. The maximum absolute atomic E-state index is 11.6. The quantitative estimate of drug-likeness (QED) is 0.624. The maximum Gasteiger partial charge on any atom is 0.329 e. The van der Waals surface area contributed by atoms with Gasteiger partial charge in [-0.1, -0.05) is 0 Å². The van der Waals surface area contributed by atoms with Crippen LogP contribution < -0.4 is 5.32 Å². The molecule has 1 saturated heterocycles. The van der Waals surface area contributed by atoms with Gasteiger partial charge in [0.1, 0.15) is 12.2 Å². The second-order valence-corrected chi connectivity index (χ2v) is 4.42. The molecule has 0 aromatic heterocycles. The Morgan fingerprint density at radius 1 is 1.44 bits per heavy atom. The first-order valence-corrected chi connectivity index (χ1v) is 5.93. The lowest BCUT2D eigenvalue weighted by Crippen LogP contribution is -2.65. The highest BCUT2D eigenvalue weighted by Gasteiger charge is 2.42. The van der Waals surface area contributed by atoms with Gasteiger partial charge in [-0.05, 0) is 13.8 Å². The molecule has 0 saturated carbocycles. The molecule has 1 aliphatic rings. The Hall–Kier alpha value is -1.34. The Kier molecular flexibility index (Phi) is 5.36. The van der Waals surface area contributed by atoms with E-state index in [0.29, 0.717) is 32.8 Å². The van der Waals surface area contributed by atoms with Crippen LogP contribution in [0.4, 0.5) is 4.79 Å². The van der Waals surface area contributed by atoms with Crippen molar-refractivity contribution in [3.8, 4) is 0 Å². The van der Waals surface area contributed by atoms with Crippen molar-refractivity contribution in [2.45, 2.75) is 19.4 Å². The molecule has 0 aromatic carbocycles. The summed E-state index contributed by atoms with van der Waals surface area (Å²) < 4.78 is 10.3. The van der Waals surface area contributed by atoms with Crippen LogP contribution in [0.25, 0.3) is 0 Å². The minimum absolute atomic E-state index is 0.175. The van der Waals surface area contributed by atoms with Crippen molar-refractivity contribution >= 4 is 12.0 Å². The van der Waals surface area contributed by atoms with Crippen LogP contribution >= 0.6 is 0 Å². The summed E-state index contributed by atoms with van der Waals surface area (Å²) in [5, 5.41) is 11.2. The number of hydrogen-bond acceptors (Lipinski definition) is 4. The predicted octanol–water partition coefficient (Wildman–Crippen LogP) is -0.0920. The third-order valence-corrected chi connectivity index (χ3v) is 2.61. The molecule has 1 fully saturated rings. The first kappa shape index (κ1) is 14.7. The fraction of sp³-hybridized carbons (Fsp3) is 0.818. The lowest BCUT2D eigenvalue weighted by molar-refractivity contribution is -0.159. The number of hydrogen-bond donors (Lipinski definition) is 2. The smallest absolute Gasteiger partial charge is 0.329 e. The van der Waals surface area contributed by atoms with Gasteiger partial charge in [-0.25, -0.2) is 9.59 Å². The van der Waals surface area contributed by atoms with Gasteiger partial charge >= 0.3 is 12.0 Å². The second kappa shape index (κ2) is 6.55. The SMILES string of the molecule is CCOCCNC(=O)N1CC(C)(OCC(=O)O)C1. The average Bonchev–Trinajstić information content (AvgIpc) is 2.28. The van der Waals surface area contributed by atoms with E-state index in [1.165, 1.54) is 0 Å². The van der Waals surface area contributed by atoms with Crippen molar-refractivity contribution in [1.82, 2.24) is 10.2 Å². The zero-order valence-electron chi connectivity index (χ0n) is 10.8. The average molecular weight is 260 g/mol. The summed E-state index contributed by atoms with van der Waals surface area (Å²) in [6, 6.07) is -0.175. The van der Waals surface area contributed by atoms with Gasteiger partial charge in [-0.3, -0.25) is 0 Å². The molecule has 104 valence electrons. The molecule has 2 N–H and O–H groups in total. The number of carbonyl (C=O) groups is 2. The fourth-order valence-corrected chi connectivity index (χ4v) is 1.72. The van der Waals surface area contributed by atoms with Crippen LogP contribution in [0, 0.1) is 0 Å². The highest BCUT2D eigenvalue weighted by Crippen LogP contribution is 2.24. The van der Waals surface area contributed by atoms with Gasteiger partial charge in [0, 0.05) is 13.2 Å². The number of urea groups is 1. The molecule has 0 unspecified atom stereocenters. The number of likely N-dealkylation sites (tertiary alicyclic amines) is 1. The number of amides is 2. The summed E-state index contributed by atoms with van der Waals surface area (Å²) in [5.41, 5.74) is -0.546. The van der Waals surface area contributed by atoms with Gasteiger partial charge in [-0.2, -0.15) is 0 Å². The molecule has 1 aliphatic heterocycles. The van der Waals surface area contributed by atoms with E-state index < -0.39 is 11.6 Å². The number of rotatable bonds is 7. The van der Waals surface area contributed by atoms with Crippen molar-refractivity contribution < 1.29 is 24.2 Å². The van der Waals surface area contributed by atoms with E-state index in [2.05, 4.69) is 5.32 Å². The Morgan fingerprint density at radius 3 is 2.67 bits per heavy atom. The summed E-state index contributed by atoms with van der Waals surface area (Å²) in [5.74, 6) is -1.00. The van der Waals surface area contributed by atoms with Crippen LogP contribution in [0.15, 0.2) is 0 Å². The summed E-state index contributed by atoms with van der Waals surface area (Å²) in [7, 11) is 0. The molecule has 0 bridgehead atoms. The summed E-state index contributed by atoms with van der Waals surface area (Å²) >= 11 is 0. The van der Waals surface area contributed by atoms with Gasteiger partial charge in [0.15, 0.2) is 0 Å². The van der Waals surface area contributed by atoms with Gasteiger partial charge in [0.05, 0.1) is 19.7 Å². The fourth-order valence-electron chi connectivity index (χ4n) is 1.72. The number of nitrogens with one attached hydrogen (secondary N) is 1. The van der Waals surface area contributed by atoms with E-state index in [9.17, 15) is 9.59 Å². The van der Waals surface area contributed by atoms with Crippen LogP contribution in [-0.4, -0.2) is 67.1 Å². The Labute approximate surface area is 106 Å². The highest BCUT2D eigenvalue weighted by atomic mass is 16.5. The third kappa shape index (κ3) is 4.50. The van der Waals surface area contributed by atoms with Crippen molar-refractivity contribution in [2.75, 3.05) is 39.5 Å². The van der Waals surface area contributed by atoms with E-state index in [4.69, 9.17) is 14.6 Å². The van der Waals surface area contributed by atoms with Gasteiger partial charge in [0.25, 0.3) is 0 Å². The molecule has 0 atom stereocenters. The number of aliphatic carboxylic acids is 1. The first-order valence-electron chi connectivity index (χ1n) is 5.93. The van der Waals surface area contributed by atoms with Crippen LogP contribution in [-0.2, 0) is 14.3 Å². The molecule has 7 nitrogen and oxygen atoms in total. The highest BCUT2D eigenvalue weighted by molar-refractivity contribution is 5.75. The van der Waals surface area contributed by atoms with Crippen molar-refractivity contribution in [3.63, 3.8) is 0 Å². The molecule has 0 radical (unpaired) electrons. The maximum atomic E-state index is 11.6. The Bertz CT molecular complexity index is 302. The molecule has 18 heavy (non-hydrogen) atoms. The summed E-state index contributed by atoms with van der Waals surface area (Å²) in [6.07, 6.45) is 0. The van der Waals surface area contributed by atoms with Crippen molar-refractivity contribution in [2.24, 2.45) is 0 Å². The first-order chi connectivity index (χ1) is 8.47. The van der Waals surface area contributed by atoms with Crippen LogP contribution in [0.5, 0.6) is 0 Å². The third-order valence-electron chi connectivity index (χ3n) is 2.61. The van der Waals surface area contributed by atoms with E-state index in [0.717, 1.165) is 0 Å². The second-order valence-electron chi connectivity index (χ2n) is 4.42. The number of carbonyl (C=O) groups excluding carboxylic acids is 1. The molecule has 1 heterocycles. The number of nitrogens with zero attached hydrogens (tertiary/aromatic N) is 1. The molecule has 1 rings (SSSR count). The summed E-state index contributed by atoms with van der Waals surface area (Å²) in [6.45, 7) is 5.74. The number of ether oxygens (including phenoxy) is 2. The molecule has 0 spiro atoms. The van der Waals surface area contributed by atoms with Crippen molar-refractivity contribution in [1.29, 1.82) is 0 Å². The van der Waals surface area contributed by atoms with Gasteiger partial charge in [-0.15, -0.1) is 0 Å². The van der Waals surface area contributed by atoms with E-state index >= 15 is 0 Å². The topological polar surface area (TPSA) is 88.1 Å². The molecule has 0 aromatic rings. The van der Waals surface area contributed by atoms with Crippen LogP contribution in [0.3, 0.4) is 0 Å². The number of carboxylic acid groups (broad SMARTS) is 1. The summed E-state index contributed by atoms with van der Waals surface area (Å²) in [4.78, 5) is 23.6. The van der Waals surface area contributed by atoms with E-state index in [1.54, 1.807) is 11.8 Å². The molecule has 0 aliphatic carbocycles. The lowest BCUT2D eigenvalue weighted by atomic mass is 9.97.